The van der Waals surface area contributed by atoms with Crippen molar-refractivity contribution in [3.05, 3.63) is 48.2 Å². The molecule has 0 radical (unpaired) electrons. The van der Waals surface area contributed by atoms with E-state index in [-0.39, 0.29) is 35.2 Å². The van der Waals surface area contributed by atoms with Crippen LogP contribution in [-0.2, 0) is 30.4 Å². The van der Waals surface area contributed by atoms with Crippen LogP contribution in [0.1, 0.15) is 5.69 Å². The van der Waals surface area contributed by atoms with Crippen molar-refractivity contribution < 1.29 is 77.9 Å². The molecule has 17 heteroatoms. The summed E-state index contributed by atoms with van der Waals surface area (Å²) in [5.74, 6) is 0.730. The van der Waals surface area contributed by atoms with Gasteiger partial charge in [0.25, 0.3) is 30.4 Å². The summed E-state index contributed by atoms with van der Waals surface area (Å²) in [6.45, 7) is 1.67. The summed E-state index contributed by atoms with van der Waals surface area (Å²) in [7, 11) is -12.5. The van der Waals surface area contributed by atoms with Crippen molar-refractivity contribution >= 4 is 63.4 Å². The van der Waals surface area contributed by atoms with E-state index in [1.165, 1.54) is 14.2 Å². The van der Waals surface area contributed by atoms with Gasteiger partial charge in [0.1, 0.15) is 26.8 Å². The van der Waals surface area contributed by atoms with Gasteiger partial charge < -0.3 is 14.8 Å². The number of nitrogens with zero attached hydrogens (tertiary/aromatic N) is 1. The number of hydrogen-bond donors (Lipinski definition) is 4. The number of benzene rings is 3. The van der Waals surface area contributed by atoms with Crippen molar-refractivity contribution in [2.45, 2.75) is 21.6 Å². The van der Waals surface area contributed by atoms with Crippen LogP contribution in [0, 0.1) is 6.92 Å². The van der Waals surface area contributed by atoms with E-state index < -0.39 is 55.8 Å². The van der Waals surface area contributed by atoms with Gasteiger partial charge in [-0.15, -0.1) is 0 Å². The maximum Gasteiger partial charge on any atom is 1.00 e. The molecule has 39 heavy (non-hydrogen) atoms. The molecule has 3 aromatic carbocycles. The third kappa shape index (κ3) is 5.98. The summed E-state index contributed by atoms with van der Waals surface area (Å²) in [6.07, 6.45) is 0. The van der Waals surface area contributed by atoms with Gasteiger partial charge in [0.2, 0.25) is 0 Å². The van der Waals surface area contributed by atoms with E-state index >= 15 is 0 Å². The molecule has 0 aliphatic carbocycles. The van der Waals surface area contributed by atoms with Crippen molar-refractivity contribution in [2.75, 3.05) is 19.5 Å². The van der Waals surface area contributed by atoms with Crippen LogP contribution < -0.4 is 44.3 Å². The van der Waals surface area contributed by atoms with Crippen LogP contribution >= 0.6 is 0 Å². The van der Waals surface area contributed by atoms with Crippen molar-refractivity contribution in [2.24, 2.45) is 0 Å². The summed E-state index contributed by atoms with van der Waals surface area (Å²) in [4.78, 5) is 1.52. The van der Waals surface area contributed by atoms with E-state index in [1.807, 2.05) is 0 Å². The van der Waals surface area contributed by atoms with E-state index in [9.17, 15) is 38.9 Å². The summed E-state index contributed by atoms with van der Waals surface area (Å²) in [5.41, 5.74) is 1.05. The molecule has 13 nitrogen and oxygen atoms in total. The first-order valence-corrected chi connectivity index (χ1v) is 14.7. The average molecular weight is 608 g/mol. The number of rotatable bonds is 7. The predicted octanol–water partition coefficient (Wildman–Crippen LogP) is 0.201. The van der Waals surface area contributed by atoms with E-state index in [1.54, 1.807) is 25.1 Å². The Hall–Kier alpha value is -2.54. The molecule has 0 spiro atoms. The van der Waals surface area contributed by atoms with Crippen LogP contribution in [-0.4, -0.2) is 58.1 Å². The number of pyridine rings is 1. The Morgan fingerprint density at radius 2 is 1.31 bits per heavy atom. The molecule has 4 N–H and O–H groups in total. The Morgan fingerprint density at radius 1 is 0.718 bits per heavy atom. The minimum atomic E-state index is -5.21. The molecule has 4 rings (SSSR count). The molecule has 1 aromatic heterocycles. The molecule has 202 valence electrons. The van der Waals surface area contributed by atoms with Gasteiger partial charge in [-0.25, -0.2) is 4.98 Å². The molecular formula is C22H20N2NaO11S3+. The fourth-order valence-electron chi connectivity index (χ4n) is 4.07. The Bertz CT molecular complexity index is 1960. The largest absolute Gasteiger partial charge is 1.00 e. The first-order valence-electron chi connectivity index (χ1n) is 10.4. The third-order valence-electron chi connectivity index (χ3n) is 5.59. The number of aryl methyl sites for hydroxylation is 1. The van der Waals surface area contributed by atoms with Gasteiger partial charge in [-0.2, -0.15) is 25.3 Å². The van der Waals surface area contributed by atoms with Gasteiger partial charge in [0.05, 0.1) is 30.2 Å². The molecule has 0 saturated heterocycles. The second-order valence-corrected chi connectivity index (χ2v) is 12.2. The first-order chi connectivity index (χ1) is 17.6. The number of aromatic nitrogens is 1. The van der Waals surface area contributed by atoms with Crippen molar-refractivity contribution in [1.82, 2.24) is 4.98 Å². The predicted molar refractivity (Wildman–Crippen MR) is 136 cm³/mol. The zero-order chi connectivity index (χ0) is 28.2. The Kier molecular flexibility index (Phi) is 8.58. The van der Waals surface area contributed by atoms with Crippen LogP contribution in [0.4, 0.5) is 11.4 Å². The number of fused-ring (bicyclic) bond motifs is 2. The van der Waals surface area contributed by atoms with E-state index in [0.717, 1.165) is 12.1 Å². The molecule has 4 aromatic rings. The molecule has 0 bridgehead atoms. The van der Waals surface area contributed by atoms with E-state index in [2.05, 4.69) is 10.3 Å². The number of methoxy groups -OCH3 is 2. The Morgan fingerprint density at radius 3 is 1.85 bits per heavy atom. The molecule has 0 unspecified atom stereocenters. The smallest absolute Gasteiger partial charge is 0.496 e. The molecule has 0 aliphatic heterocycles. The first kappa shape index (κ1) is 31.0. The quantitative estimate of drug-likeness (QED) is 0.164. The van der Waals surface area contributed by atoms with Crippen LogP contribution in [0.3, 0.4) is 0 Å². The van der Waals surface area contributed by atoms with E-state index in [0.29, 0.717) is 45.9 Å². The summed E-state index contributed by atoms with van der Waals surface area (Å²) < 4.78 is 113. The zero-order valence-corrected chi connectivity index (χ0v) is 25.3. The fourth-order valence-corrected chi connectivity index (χ4v) is 6.11. The summed E-state index contributed by atoms with van der Waals surface area (Å²) >= 11 is 0. The number of anilines is 2. The molecule has 0 atom stereocenters. The van der Waals surface area contributed by atoms with Crippen LogP contribution in [0.2, 0.25) is 0 Å². The number of nitrogens with one attached hydrogen (secondary N) is 1. The molecule has 0 amide bonds. The molecule has 0 fully saturated rings. The monoisotopic (exact) mass is 607 g/mol. The van der Waals surface area contributed by atoms with Crippen molar-refractivity contribution in [1.29, 1.82) is 0 Å². The van der Waals surface area contributed by atoms with Crippen molar-refractivity contribution in [3.8, 4) is 11.5 Å². The Labute approximate surface area is 245 Å². The molecule has 1 heterocycles. The van der Waals surface area contributed by atoms with Gasteiger partial charge in [-0.1, -0.05) is 0 Å². The van der Waals surface area contributed by atoms with Crippen LogP contribution in [0.5, 0.6) is 11.5 Å². The second kappa shape index (κ2) is 10.8. The fraction of sp³-hybridized carbons (Fsp3) is 0.136. The maximum absolute atomic E-state index is 12.3. The average Bonchev–Trinajstić information content (AvgIpc) is 2.80. The summed E-state index contributed by atoms with van der Waals surface area (Å²) in [6, 6.07) is 7.94. The van der Waals surface area contributed by atoms with Crippen LogP contribution in [0.15, 0.2) is 57.2 Å². The SMILES string of the molecule is COc1ccc(OC)c2c(Nc3ccc(S(=O)(=O)O)c4cc(S(=O)(=O)O)cc(S(=O)(=O)O)c34)cc(C)nc12.[Na+]. The molecule has 0 saturated carbocycles. The Balaban J connectivity index is 0.00000420. The third-order valence-corrected chi connectivity index (χ3v) is 8.21. The maximum atomic E-state index is 12.3. The second-order valence-electron chi connectivity index (χ2n) is 8.01. The minimum absolute atomic E-state index is 0. The van der Waals surface area contributed by atoms with Crippen LogP contribution in [0.25, 0.3) is 21.7 Å². The van der Waals surface area contributed by atoms with Gasteiger partial charge in [0.15, 0.2) is 0 Å². The zero-order valence-electron chi connectivity index (χ0n) is 20.8. The van der Waals surface area contributed by atoms with Crippen molar-refractivity contribution in [3.63, 3.8) is 0 Å². The number of hydrogen-bond acceptors (Lipinski definition) is 10. The number of ether oxygens (including phenoxy) is 2. The molecule has 0 aliphatic rings. The van der Waals surface area contributed by atoms with Gasteiger partial charge in [-0.3, -0.25) is 13.7 Å². The topological polar surface area (TPSA) is 206 Å². The molecular weight excluding hydrogens is 587 g/mol. The minimum Gasteiger partial charge on any atom is -0.496 e. The summed E-state index contributed by atoms with van der Waals surface area (Å²) in [5, 5.41) is 2.26. The van der Waals surface area contributed by atoms with Gasteiger partial charge in [-0.05, 0) is 49.4 Å². The normalized spacial score (nSPS) is 12.3. The van der Waals surface area contributed by atoms with Gasteiger partial charge in [0, 0.05) is 22.2 Å². The standard InChI is InChI=1S/C22H20N2O11S3.Na/c1-11-8-15(21-16(34-2)5-6-17(35-3)22(21)23-11)24-14-4-7-18(37(28,29)30)13-9-12(36(25,26)27)10-19(20(13)14)38(31,32)33;/h4-10H,1-3H3,(H,23,24)(H,25,26,27)(H,28,29,30)(H,31,32,33);/q;+1. The van der Waals surface area contributed by atoms with Gasteiger partial charge >= 0.3 is 29.6 Å². The van der Waals surface area contributed by atoms with E-state index in [4.69, 9.17) is 9.47 Å².